The van der Waals surface area contributed by atoms with Crippen molar-refractivity contribution in [3.63, 3.8) is 0 Å². The van der Waals surface area contributed by atoms with Crippen molar-refractivity contribution in [3.8, 4) is 11.8 Å². The van der Waals surface area contributed by atoms with Gasteiger partial charge in [-0.15, -0.1) is 11.8 Å². The molecule has 1 nitrogen and oxygen atoms in total. The Balaban J connectivity index is 2.15. The van der Waals surface area contributed by atoms with Crippen LogP contribution in [-0.2, 0) is 5.75 Å². The number of hydrogen-bond acceptors (Lipinski definition) is 2. The lowest BCUT2D eigenvalue weighted by atomic mass is 10.1. The summed E-state index contributed by atoms with van der Waals surface area (Å²) in [6.45, 7) is -0.295. The Bertz CT molecular complexity index is 707. The molecule has 0 fully saturated rings. The van der Waals surface area contributed by atoms with Crippen molar-refractivity contribution in [2.75, 3.05) is 6.61 Å². The van der Waals surface area contributed by atoms with Gasteiger partial charge in [-0.1, -0.05) is 41.1 Å². The molecule has 2 rings (SSSR count). The van der Waals surface area contributed by atoms with Crippen molar-refractivity contribution in [1.82, 2.24) is 0 Å². The summed E-state index contributed by atoms with van der Waals surface area (Å²) in [6, 6.07) is 10.0. The van der Waals surface area contributed by atoms with Gasteiger partial charge in [-0.25, -0.2) is 4.39 Å². The number of rotatable bonds is 3. The summed E-state index contributed by atoms with van der Waals surface area (Å²) in [7, 11) is 0. The van der Waals surface area contributed by atoms with E-state index in [2.05, 4.69) is 11.8 Å². The second kappa shape index (κ2) is 7.72. The Morgan fingerprint density at radius 3 is 2.71 bits per heavy atom. The minimum atomic E-state index is -0.398. The molecule has 2 aromatic carbocycles. The molecule has 0 heterocycles. The Hall–Kier alpha value is -1.18. The molecule has 0 spiro atoms. The van der Waals surface area contributed by atoms with E-state index in [1.807, 2.05) is 0 Å². The first-order chi connectivity index (χ1) is 10.1. The van der Waals surface area contributed by atoms with Crippen LogP contribution in [0.25, 0.3) is 0 Å². The predicted molar refractivity (Wildman–Crippen MR) is 86.4 cm³/mol. The van der Waals surface area contributed by atoms with Crippen molar-refractivity contribution in [1.29, 1.82) is 0 Å². The average molecular weight is 341 g/mol. The van der Waals surface area contributed by atoms with Gasteiger partial charge in [-0.05, 0) is 35.9 Å². The molecule has 0 aliphatic heterocycles. The minimum Gasteiger partial charge on any atom is -0.384 e. The SMILES string of the molecule is OCC#Cc1cc(CSc2cc(Cl)ccc2Cl)ccc1F. The van der Waals surface area contributed by atoms with Crippen LogP contribution in [0.5, 0.6) is 0 Å². The molecular formula is C16H11Cl2FOS. The van der Waals surface area contributed by atoms with Crippen LogP contribution in [-0.4, -0.2) is 11.7 Å². The normalized spacial score (nSPS) is 10.1. The van der Waals surface area contributed by atoms with E-state index in [1.165, 1.54) is 17.8 Å². The fourth-order valence-electron chi connectivity index (χ4n) is 1.64. The summed E-state index contributed by atoms with van der Waals surface area (Å²) >= 11 is 13.6. The minimum absolute atomic E-state index is 0.277. The first-order valence-corrected chi connectivity index (χ1v) is 7.80. The van der Waals surface area contributed by atoms with Crippen LogP contribution in [0, 0.1) is 17.7 Å². The van der Waals surface area contributed by atoms with Gasteiger partial charge >= 0.3 is 0 Å². The summed E-state index contributed by atoms with van der Waals surface area (Å²) in [5.74, 6) is 5.25. The van der Waals surface area contributed by atoms with Crippen LogP contribution >= 0.6 is 35.0 Å². The Labute approximate surface area is 137 Å². The van der Waals surface area contributed by atoms with Gasteiger partial charge < -0.3 is 5.11 Å². The largest absolute Gasteiger partial charge is 0.384 e. The van der Waals surface area contributed by atoms with E-state index in [0.717, 1.165) is 10.5 Å². The predicted octanol–water partition coefficient (Wildman–Crippen LogP) is 4.77. The van der Waals surface area contributed by atoms with Gasteiger partial charge in [0.2, 0.25) is 0 Å². The zero-order valence-electron chi connectivity index (χ0n) is 10.9. The summed E-state index contributed by atoms with van der Waals surface area (Å²) in [6.07, 6.45) is 0. The maximum Gasteiger partial charge on any atom is 0.138 e. The van der Waals surface area contributed by atoms with Crippen LogP contribution < -0.4 is 0 Å². The highest BCUT2D eigenvalue weighted by Crippen LogP contribution is 2.32. The molecule has 0 aliphatic rings. The number of benzene rings is 2. The Kier molecular flexibility index (Phi) is 5.96. The molecule has 0 saturated heterocycles. The maximum atomic E-state index is 13.5. The van der Waals surface area contributed by atoms with Gasteiger partial charge in [0, 0.05) is 15.7 Å². The van der Waals surface area contributed by atoms with Crippen LogP contribution in [0.1, 0.15) is 11.1 Å². The molecule has 0 aromatic heterocycles. The molecule has 108 valence electrons. The molecule has 0 atom stereocenters. The molecule has 0 saturated carbocycles. The van der Waals surface area contributed by atoms with Gasteiger partial charge in [0.25, 0.3) is 0 Å². The molecule has 2 aromatic rings. The highest BCUT2D eigenvalue weighted by molar-refractivity contribution is 7.98. The van der Waals surface area contributed by atoms with Crippen LogP contribution in [0.15, 0.2) is 41.3 Å². The van der Waals surface area contributed by atoms with Gasteiger partial charge in [-0.2, -0.15) is 0 Å². The van der Waals surface area contributed by atoms with Gasteiger partial charge in [0.1, 0.15) is 12.4 Å². The molecule has 5 heteroatoms. The van der Waals surface area contributed by atoms with E-state index < -0.39 is 5.82 Å². The van der Waals surface area contributed by atoms with Crippen molar-refractivity contribution in [2.45, 2.75) is 10.6 Å². The van der Waals surface area contributed by atoms with E-state index in [1.54, 1.807) is 30.3 Å². The van der Waals surface area contributed by atoms with Gasteiger partial charge in [0.05, 0.1) is 10.6 Å². The second-order valence-electron chi connectivity index (χ2n) is 4.14. The molecule has 0 radical (unpaired) electrons. The van der Waals surface area contributed by atoms with E-state index in [0.29, 0.717) is 15.8 Å². The average Bonchev–Trinajstić information content (AvgIpc) is 2.48. The topological polar surface area (TPSA) is 20.2 Å². The van der Waals surface area contributed by atoms with E-state index in [4.69, 9.17) is 28.3 Å². The smallest absolute Gasteiger partial charge is 0.138 e. The first kappa shape index (κ1) is 16.2. The molecule has 0 unspecified atom stereocenters. The maximum absolute atomic E-state index is 13.5. The van der Waals surface area contributed by atoms with Gasteiger partial charge in [-0.3, -0.25) is 0 Å². The molecular weight excluding hydrogens is 330 g/mol. The summed E-state index contributed by atoms with van der Waals surface area (Å²) < 4.78 is 13.5. The number of hydrogen-bond donors (Lipinski definition) is 1. The number of aliphatic hydroxyl groups is 1. The Morgan fingerprint density at radius 1 is 1.14 bits per heavy atom. The van der Waals surface area contributed by atoms with Crippen molar-refractivity contribution < 1.29 is 9.50 Å². The summed E-state index contributed by atoms with van der Waals surface area (Å²) in [5.41, 5.74) is 1.19. The van der Waals surface area contributed by atoms with Crippen molar-refractivity contribution in [2.24, 2.45) is 0 Å². The van der Waals surface area contributed by atoms with Gasteiger partial charge in [0.15, 0.2) is 0 Å². The highest BCUT2D eigenvalue weighted by Gasteiger charge is 2.05. The number of halogens is 3. The molecule has 0 aliphatic carbocycles. The van der Waals surface area contributed by atoms with Crippen LogP contribution in [0.2, 0.25) is 10.0 Å². The molecule has 1 N–H and O–H groups in total. The summed E-state index contributed by atoms with van der Waals surface area (Å²) in [4.78, 5) is 0.872. The standard InChI is InChI=1S/C16H11Cl2FOS/c17-13-4-5-14(18)16(9-13)21-10-11-3-6-15(19)12(8-11)2-1-7-20/h3-6,8-9,20H,7,10H2. The lowest BCUT2D eigenvalue weighted by Gasteiger charge is -2.06. The zero-order chi connectivity index (χ0) is 15.2. The highest BCUT2D eigenvalue weighted by atomic mass is 35.5. The zero-order valence-corrected chi connectivity index (χ0v) is 13.2. The summed E-state index contributed by atoms with van der Waals surface area (Å²) in [5, 5.41) is 9.92. The third kappa shape index (κ3) is 4.66. The van der Waals surface area contributed by atoms with Crippen LogP contribution in [0.4, 0.5) is 4.39 Å². The number of thioether (sulfide) groups is 1. The first-order valence-electron chi connectivity index (χ1n) is 6.06. The fraction of sp³-hybridized carbons (Fsp3) is 0.125. The fourth-order valence-corrected chi connectivity index (χ4v) is 3.08. The molecule has 21 heavy (non-hydrogen) atoms. The van der Waals surface area contributed by atoms with Crippen LogP contribution in [0.3, 0.4) is 0 Å². The lowest BCUT2D eigenvalue weighted by molar-refractivity contribution is 0.350. The lowest BCUT2D eigenvalue weighted by Crippen LogP contribution is -1.89. The quantitative estimate of drug-likeness (QED) is 0.641. The van der Waals surface area contributed by atoms with E-state index in [-0.39, 0.29) is 12.2 Å². The van der Waals surface area contributed by atoms with E-state index in [9.17, 15) is 4.39 Å². The second-order valence-corrected chi connectivity index (χ2v) is 6.00. The Morgan fingerprint density at radius 2 is 1.95 bits per heavy atom. The third-order valence-electron chi connectivity index (χ3n) is 2.62. The molecule has 0 amide bonds. The monoisotopic (exact) mass is 340 g/mol. The van der Waals surface area contributed by atoms with Crippen molar-refractivity contribution in [3.05, 3.63) is 63.4 Å². The third-order valence-corrected chi connectivity index (χ3v) is 4.42. The van der Waals surface area contributed by atoms with E-state index >= 15 is 0 Å². The number of aliphatic hydroxyl groups excluding tert-OH is 1. The molecule has 0 bridgehead atoms. The van der Waals surface area contributed by atoms with Crippen molar-refractivity contribution >= 4 is 35.0 Å².